The summed E-state index contributed by atoms with van der Waals surface area (Å²) in [6.07, 6.45) is 0. The standard InChI is InChI=1S/5C14H10.C10H8/c5*1-3-7-13-11(5-1)9-10-12-6-2-4-8-14(12)13;1-2-6-10-8-4-3-7-9(10)5-1/h5*1-10H;1-8H. The fourth-order valence-corrected chi connectivity index (χ4v) is 10.9. The molecule has 0 spiro atoms. The molecule has 0 aliphatic carbocycles. The lowest BCUT2D eigenvalue weighted by Gasteiger charge is -2.02. The largest absolute Gasteiger partial charge is 0.0616 e. The molecule has 0 aliphatic heterocycles. The van der Waals surface area contributed by atoms with Gasteiger partial charge in [-0.15, -0.1) is 0 Å². The van der Waals surface area contributed by atoms with E-state index in [1.807, 2.05) is 0 Å². The molecule has 0 aromatic heterocycles. The average Bonchev–Trinajstić information content (AvgIpc) is 3.57. The molecular weight excluding hydrogens is 961 g/mol. The quantitative estimate of drug-likeness (QED) is 0.133. The Morgan fingerprint density at radius 3 is 0.275 bits per heavy atom. The van der Waals surface area contributed by atoms with Gasteiger partial charge in [-0.1, -0.05) is 352 Å². The molecule has 17 aromatic rings. The maximum atomic E-state index is 2.18. The SMILES string of the molecule is c1ccc2c(c1)ccc1ccccc12.c1ccc2c(c1)ccc1ccccc12.c1ccc2c(c1)ccc1ccccc12.c1ccc2c(c1)ccc1ccccc12.c1ccc2c(c1)ccc1ccccc12.c1ccc2ccccc2c1. The van der Waals surface area contributed by atoms with Crippen molar-refractivity contribution in [2.24, 2.45) is 0 Å². The van der Waals surface area contributed by atoms with E-state index >= 15 is 0 Å². The molecule has 378 valence electrons. The first-order valence-electron chi connectivity index (χ1n) is 27.5. The van der Waals surface area contributed by atoms with Crippen molar-refractivity contribution in [2.45, 2.75) is 0 Å². The van der Waals surface area contributed by atoms with Crippen LogP contribution in [0, 0.1) is 0 Å². The summed E-state index contributed by atoms with van der Waals surface area (Å²) in [5.74, 6) is 0. The molecular formula is C80H58. The highest BCUT2D eigenvalue weighted by molar-refractivity contribution is 6.11. The fourth-order valence-electron chi connectivity index (χ4n) is 10.9. The van der Waals surface area contributed by atoms with Gasteiger partial charge < -0.3 is 0 Å². The predicted molar refractivity (Wildman–Crippen MR) is 351 cm³/mol. The van der Waals surface area contributed by atoms with Gasteiger partial charge in [-0.25, -0.2) is 0 Å². The van der Waals surface area contributed by atoms with E-state index in [9.17, 15) is 0 Å². The van der Waals surface area contributed by atoms with Crippen LogP contribution < -0.4 is 0 Å². The third-order valence-electron chi connectivity index (χ3n) is 14.9. The second kappa shape index (κ2) is 24.3. The Morgan fingerprint density at radius 2 is 0.163 bits per heavy atom. The van der Waals surface area contributed by atoms with Crippen molar-refractivity contribution in [3.63, 3.8) is 0 Å². The summed E-state index contributed by atoms with van der Waals surface area (Å²) in [5, 5.41) is 29.1. The summed E-state index contributed by atoms with van der Waals surface area (Å²) in [7, 11) is 0. The van der Waals surface area contributed by atoms with Crippen molar-refractivity contribution in [1.82, 2.24) is 0 Å². The molecule has 0 heteroatoms. The Balaban J connectivity index is 0.0000000958. The number of rotatable bonds is 0. The Bertz CT molecular complexity index is 3930. The van der Waals surface area contributed by atoms with Crippen molar-refractivity contribution in [3.8, 4) is 0 Å². The molecule has 0 aliphatic rings. The minimum Gasteiger partial charge on any atom is -0.0616 e. The van der Waals surface area contributed by atoms with E-state index in [4.69, 9.17) is 0 Å². The predicted octanol–water partition coefficient (Wildman–Crippen LogP) is 22.8. The minimum absolute atomic E-state index is 1.31. The lowest BCUT2D eigenvalue weighted by molar-refractivity contribution is 1.75. The maximum absolute atomic E-state index is 2.18. The summed E-state index contributed by atoms with van der Waals surface area (Å²) in [6, 6.07) is 124. The van der Waals surface area contributed by atoms with Gasteiger partial charge >= 0.3 is 0 Å². The van der Waals surface area contributed by atoms with E-state index in [0.717, 1.165) is 0 Å². The Morgan fingerprint density at radius 1 is 0.0750 bits per heavy atom. The fraction of sp³-hybridized carbons (Fsp3) is 0. The zero-order chi connectivity index (χ0) is 53.7. The highest BCUT2D eigenvalue weighted by Crippen LogP contribution is 2.29. The van der Waals surface area contributed by atoms with E-state index < -0.39 is 0 Å². The molecule has 0 saturated heterocycles. The van der Waals surface area contributed by atoms with Crippen molar-refractivity contribution >= 4 is 118 Å². The van der Waals surface area contributed by atoms with Gasteiger partial charge in [0.1, 0.15) is 0 Å². The molecule has 0 unspecified atom stereocenters. The average molecular weight is 1020 g/mol. The molecule has 80 heavy (non-hydrogen) atoms. The summed E-state index contributed by atoms with van der Waals surface area (Å²) >= 11 is 0. The zero-order valence-electron chi connectivity index (χ0n) is 44.5. The van der Waals surface area contributed by atoms with E-state index in [1.54, 1.807) is 0 Å². The Labute approximate surface area is 467 Å². The molecule has 0 saturated carbocycles. The highest BCUT2D eigenvalue weighted by Gasteiger charge is 2.02. The summed E-state index contributed by atoms with van der Waals surface area (Å²) < 4.78 is 0. The van der Waals surface area contributed by atoms with Crippen LogP contribution in [0.1, 0.15) is 0 Å². The van der Waals surface area contributed by atoms with Gasteiger partial charge in [0.2, 0.25) is 0 Å². The smallest absolute Gasteiger partial charge is 0.0105 e. The molecule has 0 radical (unpaired) electrons. The highest BCUT2D eigenvalue weighted by atomic mass is 14.1. The van der Waals surface area contributed by atoms with Crippen LogP contribution in [0.2, 0.25) is 0 Å². The number of hydrogen-bond acceptors (Lipinski definition) is 0. The molecule has 0 amide bonds. The molecule has 0 bridgehead atoms. The molecule has 0 atom stereocenters. The van der Waals surface area contributed by atoms with E-state index in [0.29, 0.717) is 0 Å². The molecule has 0 fully saturated rings. The van der Waals surface area contributed by atoms with Crippen LogP contribution in [0.5, 0.6) is 0 Å². The lowest BCUT2D eigenvalue weighted by Crippen LogP contribution is -1.75. The normalized spacial score (nSPS) is 10.8. The third-order valence-corrected chi connectivity index (χ3v) is 14.9. The van der Waals surface area contributed by atoms with Gasteiger partial charge in [-0.2, -0.15) is 0 Å². The van der Waals surface area contributed by atoms with Crippen molar-refractivity contribution in [3.05, 3.63) is 352 Å². The third kappa shape index (κ3) is 11.3. The summed E-state index contributed by atoms with van der Waals surface area (Å²) in [6.45, 7) is 0. The Hall–Kier alpha value is -10.4. The van der Waals surface area contributed by atoms with Gasteiger partial charge in [0.25, 0.3) is 0 Å². The first-order valence-corrected chi connectivity index (χ1v) is 27.5. The summed E-state index contributed by atoms with van der Waals surface area (Å²) in [5.41, 5.74) is 0. The van der Waals surface area contributed by atoms with Crippen LogP contribution in [-0.4, -0.2) is 0 Å². The minimum atomic E-state index is 1.31. The molecule has 0 N–H and O–H groups in total. The van der Waals surface area contributed by atoms with Crippen LogP contribution in [0.4, 0.5) is 0 Å². The van der Waals surface area contributed by atoms with Crippen molar-refractivity contribution < 1.29 is 0 Å². The summed E-state index contributed by atoms with van der Waals surface area (Å²) in [4.78, 5) is 0. The number of benzene rings is 17. The van der Waals surface area contributed by atoms with E-state index in [2.05, 4.69) is 352 Å². The molecule has 0 heterocycles. The van der Waals surface area contributed by atoms with Gasteiger partial charge in [0, 0.05) is 0 Å². The second-order valence-corrected chi connectivity index (χ2v) is 19.9. The van der Waals surface area contributed by atoms with E-state index in [-0.39, 0.29) is 0 Å². The van der Waals surface area contributed by atoms with Crippen LogP contribution in [0.3, 0.4) is 0 Å². The Kier molecular flexibility index (Phi) is 15.3. The van der Waals surface area contributed by atoms with E-state index in [1.165, 1.54) is 118 Å². The number of hydrogen-bond donors (Lipinski definition) is 0. The topological polar surface area (TPSA) is 0 Å². The van der Waals surface area contributed by atoms with Gasteiger partial charge in [0.15, 0.2) is 0 Å². The molecule has 17 rings (SSSR count). The van der Waals surface area contributed by atoms with Gasteiger partial charge in [0.05, 0.1) is 0 Å². The lowest BCUT2D eigenvalue weighted by atomic mass is 10.0. The molecule has 17 aromatic carbocycles. The second-order valence-electron chi connectivity index (χ2n) is 19.9. The van der Waals surface area contributed by atoms with Crippen LogP contribution in [0.25, 0.3) is 118 Å². The monoisotopic (exact) mass is 1020 g/mol. The van der Waals surface area contributed by atoms with Crippen LogP contribution in [-0.2, 0) is 0 Å². The van der Waals surface area contributed by atoms with Gasteiger partial charge in [-0.3, -0.25) is 0 Å². The van der Waals surface area contributed by atoms with Crippen LogP contribution in [0.15, 0.2) is 352 Å². The first-order chi connectivity index (χ1) is 39.7. The molecule has 0 nitrogen and oxygen atoms in total. The zero-order valence-corrected chi connectivity index (χ0v) is 44.5. The first kappa shape index (κ1) is 50.4. The van der Waals surface area contributed by atoms with Crippen LogP contribution >= 0.6 is 0 Å². The maximum Gasteiger partial charge on any atom is -0.0105 e. The van der Waals surface area contributed by atoms with Crippen molar-refractivity contribution in [2.75, 3.05) is 0 Å². The number of fused-ring (bicyclic) bond motifs is 16. The van der Waals surface area contributed by atoms with Gasteiger partial charge in [-0.05, 0) is 118 Å². The van der Waals surface area contributed by atoms with Crippen molar-refractivity contribution in [1.29, 1.82) is 0 Å².